The fourth-order valence-corrected chi connectivity index (χ4v) is 7.58. The molecule has 9 heteroatoms. The van der Waals surface area contributed by atoms with Gasteiger partial charge in [-0.05, 0) is 56.6 Å². The lowest BCUT2D eigenvalue weighted by Crippen LogP contribution is -2.40. The van der Waals surface area contributed by atoms with Crippen LogP contribution in [0.4, 0.5) is 0 Å². The van der Waals surface area contributed by atoms with Crippen LogP contribution in [0.15, 0.2) is 10.5 Å². The number of fused-ring (bicyclic) bond motifs is 1. The summed E-state index contributed by atoms with van der Waals surface area (Å²) in [6.45, 7) is 1.97. The number of aryl methyl sites for hydroxylation is 2. The quantitative estimate of drug-likeness (QED) is 0.687. The van der Waals surface area contributed by atoms with Crippen LogP contribution in [-0.4, -0.2) is 60.3 Å². The number of rotatable bonds is 6. The van der Waals surface area contributed by atoms with E-state index in [1.165, 1.54) is 23.3 Å². The molecular formula is C20H27N3O4S2. The van der Waals surface area contributed by atoms with Crippen LogP contribution < -0.4 is 0 Å². The Morgan fingerprint density at radius 1 is 1.17 bits per heavy atom. The molecule has 2 aromatic rings. The van der Waals surface area contributed by atoms with Gasteiger partial charge in [0.2, 0.25) is 5.89 Å². The van der Waals surface area contributed by atoms with Gasteiger partial charge in [-0.2, -0.15) is 0 Å². The van der Waals surface area contributed by atoms with Crippen molar-refractivity contribution >= 4 is 21.2 Å². The summed E-state index contributed by atoms with van der Waals surface area (Å²) in [6, 6.07) is 2.19. The lowest BCUT2D eigenvalue weighted by molar-refractivity contribution is 0.0539. The number of sulfone groups is 1. The molecule has 5 rings (SSSR count). The zero-order valence-electron chi connectivity index (χ0n) is 16.5. The van der Waals surface area contributed by atoms with Crippen molar-refractivity contribution in [3.8, 4) is 10.8 Å². The molecule has 158 valence electrons. The third-order valence-electron chi connectivity index (χ3n) is 6.20. The molecule has 0 saturated carbocycles. The van der Waals surface area contributed by atoms with Crippen LogP contribution in [0.5, 0.6) is 0 Å². The molecule has 2 saturated heterocycles. The molecule has 0 bridgehead atoms. The topological polar surface area (TPSA) is 85.5 Å². The highest BCUT2D eigenvalue weighted by atomic mass is 32.2. The second-order valence-electron chi connectivity index (χ2n) is 8.39. The molecule has 4 heterocycles. The van der Waals surface area contributed by atoms with E-state index in [9.17, 15) is 8.42 Å². The molecule has 3 aliphatic rings. The largest absolute Gasteiger partial charge is 0.419 e. The lowest BCUT2D eigenvalue weighted by atomic mass is 9.99. The summed E-state index contributed by atoms with van der Waals surface area (Å²) in [5.74, 6) is 1.60. The first-order valence-electron chi connectivity index (χ1n) is 10.6. The van der Waals surface area contributed by atoms with Gasteiger partial charge in [0.1, 0.15) is 0 Å². The van der Waals surface area contributed by atoms with Crippen LogP contribution in [0, 0.1) is 0 Å². The van der Waals surface area contributed by atoms with Crippen molar-refractivity contribution in [3.05, 3.63) is 22.4 Å². The molecule has 2 aliphatic heterocycles. The summed E-state index contributed by atoms with van der Waals surface area (Å²) in [5, 5.41) is 8.57. The van der Waals surface area contributed by atoms with Crippen molar-refractivity contribution < 1.29 is 17.6 Å². The Hall–Kier alpha value is -1.29. The normalized spacial score (nSPS) is 26.2. The number of thiophene rings is 1. The average molecular weight is 438 g/mol. The smallest absolute Gasteiger partial charge is 0.257 e. The minimum absolute atomic E-state index is 0.00592. The first-order chi connectivity index (χ1) is 14.1. The van der Waals surface area contributed by atoms with E-state index in [4.69, 9.17) is 9.15 Å². The van der Waals surface area contributed by atoms with Gasteiger partial charge in [-0.15, -0.1) is 21.5 Å². The molecule has 2 atom stereocenters. The maximum atomic E-state index is 12.0. The first-order valence-corrected chi connectivity index (χ1v) is 13.2. The van der Waals surface area contributed by atoms with E-state index in [0.717, 1.165) is 37.2 Å². The lowest BCUT2D eigenvalue weighted by Gasteiger charge is -2.28. The van der Waals surface area contributed by atoms with Gasteiger partial charge in [-0.3, -0.25) is 4.90 Å². The Kier molecular flexibility index (Phi) is 5.49. The van der Waals surface area contributed by atoms with E-state index in [1.807, 2.05) is 0 Å². The highest BCUT2D eigenvalue weighted by molar-refractivity contribution is 7.91. The fourth-order valence-electron chi connectivity index (χ4n) is 4.64. The van der Waals surface area contributed by atoms with Crippen LogP contribution >= 0.6 is 11.3 Å². The molecular weight excluding hydrogens is 410 g/mol. The van der Waals surface area contributed by atoms with Crippen LogP contribution in [-0.2, 0) is 34.0 Å². The van der Waals surface area contributed by atoms with Crippen molar-refractivity contribution in [2.24, 2.45) is 0 Å². The highest BCUT2D eigenvalue weighted by Gasteiger charge is 2.35. The minimum atomic E-state index is -2.95. The molecule has 29 heavy (non-hydrogen) atoms. The zero-order valence-corrected chi connectivity index (χ0v) is 18.1. The van der Waals surface area contributed by atoms with E-state index < -0.39 is 9.84 Å². The average Bonchev–Trinajstić information content (AvgIpc) is 3.47. The molecule has 0 amide bonds. The number of ether oxygens (including phenoxy) is 1. The fraction of sp³-hybridized carbons (Fsp3) is 0.700. The molecule has 0 aromatic carbocycles. The number of hydrogen-bond donors (Lipinski definition) is 0. The standard InChI is InChI=1S/C20H27N3O4S2/c24-29(25)9-7-15(13-29)23(11-16-5-3-8-26-16)12-19-21-22-20(27-19)18-10-14-4-1-2-6-17(14)28-18/h10,15-16H,1-9,11-13H2. The summed E-state index contributed by atoms with van der Waals surface area (Å²) >= 11 is 1.76. The SMILES string of the molecule is O=S1(=O)CCC(N(Cc2nnc(-c3cc4c(s3)CCCC4)o2)CC2CCCO2)C1. The van der Waals surface area contributed by atoms with Gasteiger partial charge in [0.25, 0.3) is 5.89 Å². The highest BCUT2D eigenvalue weighted by Crippen LogP contribution is 2.35. The third-order valence-corrected chi connectivity index (χ3v) is 9.17. The van der Waals surface area contributed by atoms with Crippen LogP contribution in [0.25, 0.3) is 10.8 Å². The first kappa shape index (κ1) is 19.7. The Morgan fingerprint density at radius 3 is 2.83 bits per heavy atom. The van der Waals surface area contributed by atoms with Crippen molar-refractivity contribution in [2.75, 3.05) is 24.7 Å². The molecule has 0 radical (unpaired) electrons. The molecule has 1 aliphatic carbocycles. The second-order valence-corrected chi connectivity index (χ2v) is 11.8. The van der Waals surface area contributed by atoms with E-state index in [-0.39, 0.29) is 23.7 Å². The molecule has 0 N–H and O–H groups in total. The monoisotopic (exact) mass is 437 g/mol. The Balaban J connectivity index is 1.32. The molecule has 7 nitrogen and oxygen atoms in total. The Bertz CT molecular complexity index is 939. The molecule has 2 fully saturated rings. The number of nitrogens with zero attached hydrogens (tertiary/aromatic N) is 3. The van der Waals surface area contributed by atoms with Crippen molar-refractivity contribution in [2.45, 2.75) is 63.6 Å². The van der Waals surface area contributed by atoms with Gasteiger partial charge >= 0.3 is 0 Å². The van der Waals surface area contributed by atoms with Crippen LogP contribution in [0.3, 0.4) is 0 Å². The van der Waals surface area contributed by atoms with Gasteiger partial charge in [-0.1, -0.05) is 0 Å². The van der Waals surface area contributed by atoms with Gasteiger partial charge < -0.3 is 9.15 Å². The second kappa shape index (κ2) is 8.09. The summed E-state index contributed by atoms with van der Waals surface area (Å²) in [4.78, 5) is 4.67. The summed E-state index contributed by atoms with van der Waals surface area (Å²) in [6.07, 6.45) is 7.69. The van der Waals surface area contributed by atoms with Gasteiger partial charge in [-0.25, -0.2) is 8.42 Å². The predicted molar refractivity (Wildman–Crippen MR) is 111 cm³/mol. The molecule has 0 spiro atoms. The van der Waals surface area contributed by atoms with Gasteiger partial charge in [0.05, 0.1) is 29.0 Å². The van der Waals surface area contributed by atoms with Crippen molar-refractivity contribution in [1.82, 2.24) is 15.1 Å². The van der Waals surface area contributed by atoms with Crippen LogP contribution in [0.2, 0.25) is 0 Å². The van der Waals surface area contributed by atoms with Crippen molar-refractivity contribution in [1.29, 1.82) is 0 Å². The maximum absolute atomic E-state index is 12.0. The van der Waals surface area contributed by atoms with E-state index >= 15 is 0 Å². The summed E-state index contributed by atoms with van der Waals surface area (Å²) in [7, 11) is -2.95. The minimum Gasteiger partial charge on any atom is -0.419 e. The van der Waals surface area contributed by atoms with E-state index in [1.54, 1.807) is 11.3 Å². The van der Waals surface area contributed by atoms with Gasteiger partial charge in [0.15, 0.2) is 9.84 Å². The van der Waals surface area contributed by atoms with Gasteiger partial charge in [0, 0.05) is 24.1 Å². The zero-order chi connectivity index (χ0) is 19.8. The predicted octanol–water partition coefficient (Wildman–Crippen LogP) is 2.85. The molecule has 2 unspecified atom stereocenters. The van der Waals surface area contributed by atoms with E-state index in [0.29, 0.717) is 31.3 Å². The Labute approximate surface area is 175 Å². The van der Waals surface area contributed by atoms with E-state index in [2.05, 4.69) is 21.2 Å². The Morgan fingerprint density at radius 2 is 2.07 bits per heavy atom. The maximum Gasteiger partial charge on any atom is 0.257 e. The van der Waals surface area contributed by atoms with Crippen molar-refractivity contribution in [3.63, 3.8) is 0 Å². The summed E-state index contributed by atoms with van der Waals surface area (Å²) in [5.41, 5.74) is 1.42. The summed E-state index contributed by atoms with van der Waals surface area (Å²) < 4.78 is 35.8. The molecule has 2 aromatic heterocycles. The number of aromatic nitrogens is 2. The van der Waals surface area contributed by atoms with Crippen LogP contribution in [0.1, 0.15) is 48.4 Å². The number of hydrogen-bond acceptors (Lipinski definition) is 8. The third kappa shape index (κ3) is 4.42.